The third-order valence-electron chi connectivity index (χ3n) is 4.71. The molecule has 0 atom stereocenters. The van der Waals surface area contributed by atoms with Gasteiger partial charge < -0.3 is 5.11 Å². The molecular formula is C17H28OS. The standard InChI is InChI=1S/C17H28OS/c1-5-14-6-7-15(19-14)12-17(18)10-8-13(9-11-17)16(2,3)4/h6-7,13,18H,5,8-12H2,1-4H3. The molecule has 0 saturated heterocycles. The van der Waals surface area contributed by atoms with Crippen LogP contribution >= 0.6 is 11.3 Å². The quantitative estimate of drug-likeness (QED) is 0.841. The smallest absolute Gasteiger partial charge is 0.0696 e. The van der Waals surface area contributed by atoms with Gasteiger partial charge in [0.2, 0.25) is 0 Å². The summed E-state index contributed by atoms with van der Waals surface area (Å²) in [5, 5.41) is 10.8. The highest BCUT2D eigenvalue weighted by atomic mass is 32.1. The maximum absolute atomic E-state index is 10.8. The van der Waals surface area contributed by atoms with E-state index in [9.17, 15) is 5.11 Å². The highest BCUT2D eigenvalue weighted by molar-refractivity contribution is 7.12. The van der Waals surface area contributed by atoms with Gasteiger partial charge in [-0.3, -0.25) is 0 Å². The fraction of sp³-hybridized carbons (Fsp3) is 0.765. The van der Waals surface area contributed by atoms with Crippen LogP contribution in [0.5, 0.6) is 0 Å². The Labute approximate surface area is 122 Å². The first kappa shape index (κ1) is 15.1. The van der Waals surface area contributed by atoms with Crippen LogP contribution in [-0.2, 0) is 12.8 Å². The van der Waals surface area contributed by atoms with Gasteiger partial charge in [-0.05, 0) is 55.6 Å². The second-order valence-electron chi connectivity index (χ2n) is 7.26. The van der Waals surface area contributed by atoms with E-state index in [2.05, 4.69) is 39.8 Å². The van der Waals surface area contributed by atoms with Crippen LogP contribution in [0.4, 0.5) is 0 Å². The Balaban J connectivity index is 1.94. The van der Waals surface area contributed by atoms with Crippen molar-refractivity contribution in [3.05, 3.63) is 21.9 Å². The van der Waals surface area contributed by atoms with Crippen molar-refractivity contribution >= 4 is 11.3 Å². The summed E-state index contributed by atoms with van der Waals surface area (Å²) in [5.74, 6) is 0.766. The number of thiophene rings is 1. The van der Waals surface area contributed by atoms with Crippen molar-refractivity contribution in [2.45, 2.75) is 71.8 Å². The van der Waals surface area contributed by atoms with Crippen molar-refractivity contribution in [1.29, 1.82) is 0 Å². The van der Waals surface area contributed by atoms with E-state index in [4.69, 9.17) is 0 Å². The number of rotatable bonds is 3. The Bertz CT molecular complexity index is 405. The number of aryl methyl sites for hydroxylation is 1. The molecule has 108 valence electrons. The SMILES string of the molecule is CCc1ccc(CC2(O)CCC(C(C)(C)C)CC2)s1. The van der Waals surface area contributed by atoms with E-state index < -0.39 is 5.60 Å². The highest BCUT2D eigenvalue weighted by Gasteiger charge is 2.37. The fourth-order valence-corrected chi connectivity index (χ4v) is 4.32. The Morgan fingerprint density at radius 2 is 1.79 bits per heavy atom. The molecule has 1 N–H and O–H groups in total. The molecule has 1 saturated carbocycles. The molecular weight excluding hydrogens is 252 g/mol. The first-order valence-electron chi connectivity index (χ1n) is 7.62. The van der Waals surface area contributed by atoms with Crippen molar-refractivity contribution in [2.24, 2.45) is 11.3 Å². The Morgan fingerprint density at radius 1 is 1.21 bits per heavy atom. The third-order valence-corrected chi connectivity index (χ3v) is 5.94. The van der Waals surface area contributed by atoms with Gasteiger partial charge in [-0.15, -0.1) is 11.3 Å². The van der Waals surface area contributed by atoms with Crippen molar-refractivity contribution in [2.75, 3.05) is 0 Å². The zero-order chi connectivity index (χ0) is 14.1. The zero-order valence-electron chi connectivity index (χ0n) is 12.8. The monoisotopic (exact) mass is 280 g/mol. The van der Waals surface area contributed by atoms with Crippen molar-refractivity contribution in [1.82, 2.24) is 0 Å². The number of aliphatic hydroxyl groups is 1. The highest BCUT2D eigenvalue weighted by Crippen LogP contribution is 2.42. The average molecular weight is 280 g/mol. The van der Waals surface area contributed by atoms with Crippen LogP contribution in [-0.4, -0.2) is 10.7 Å². The van der Waals surface area contributed by atoms with Crippen LogP contribution in [0.3, 0.4) is 0 Å². The van der Waals surface area contributed by atoms with Gasteiger partial charge in [-0.1, -0.05) is 27.7 Å². The van der Waals surface area contributed by atoms with E-state index in [-0.39, 0.29) is 0 Å². The largest absolute Gasteiger partial charge is 0.390 e. The van der Waals surface area contributed by atoms with Crippen LogP contribution in [0.25, 0.3) is 0 Å². The van der Waals surface area contributed by atoms with E-state index >= 15 is 0 Å². The summed E-state index contributed by atoms with van der Waals surface area (Å²) in [5.41, 5.74) is -0.0583. The predicted octanol–water partition coefficient (Wildman–Crippen LogP) is 4.82. The average Bonchev–Trinajstić information content (AvgIpc) is 2.75. The van der Waals surface area contributed by atoms with Crippen molar-refractivity contribution in [3.63, 3.8) is 0 Å². The molecule has 0 bridgehead atoms. The van der Waals surface area contributed by atoms with E-state index in [0.717, 1.165) is 31.6 Å². The van der Waals surface area contributed by atoms with Gasteiger partial charge in [0.05, 0.1) is 5.60 Å². The van der Waals surface area contributed by atoms with Gasteiger partial charge in [0.25, 0.3) is 0 Å². The van der Waals surface area contributed by atoms with E-state index in [1.165, 1.54) is 22.6 Å². The molecule has 1 heterocycles. The van der Waals surface area contributed by atoms with Gasteiger partial charge in [0, 0.05) is 16.2 Å². The molecule has 0 amide bonds. The summed E-state index contributed by atoms with van der Waals surface area (Å²) in [6.07, 6.45) is 6.24. The Kier molecular flexibility index (Phi) is 4.42. The lowest BCUT2D eigenvalue weighted by molar-refractivity contribution is -0.0239. The first-order valence-corrected chi connectivity index (χ1v) is 8.44. The minimum Gasteiger partial charge on any atom is -0.390 e. The molecule has 2 rings (SSSR count). The van der Waals surface area contributed by atoms with E-state index in [0.29, 0.717) is 5.41 Å². The number of hydrogen-bond donors (Lipinski definition) is 1. The lowest BCUT2D eigenvalue weighted by Crippen LogP contribution is -2.38. The topological polar surface area (TPSA) is 20.2 Å². The molecule has 1 fully saturated rings. The van der Waals surface area contributed by atoms with Crippen LogP contribution in [0.15, 0.2) is 12.1 Å². The fourth-order valence-electron chi connectivity index (χ4n) is 3.23. The second kappa shape index (κ2) is 5.57. The summed E-state index contributed by atoms with van der Waals surface area (Å²) >= 11 is 1.87. The molecule has 0 aliphatic heterocycles. The lowest BCUT2D eigenvalue weighted by atomic mass is 9.67. The summed E-state index contributed by atoms with van der Waals surface area (Å²) in [6.45, 7) is 9.18. The molecule has 1 aromatic rings. The van der Waals surface area contributed by atoms with Crippen LogP contribution in [0.2, 0.25) is 0 Å². The van der Waals surface area contributed by atoms with E-state index in [1.54, 1.807) is 0 Å². The Morgan fingerprint density at radius 3 is 2.26 bits per heavy atom. The molecule has 0 aromatic carbocycles. The maximum Gasteiger partial charge on any atom is 0.0696 e. The van der Waals surface area contributed by atoms with Gasteiger partial charge in [0.1, 0.15) is 0 Å². The van der Waals surface area contributed by atoms with Gasteiger partial charge >= 0.3 is 0 Å². The van der Waals surface area contributed by atoms with Crippen molar-refractivity contribution < 1.29 is 5.11 Å². The lowest BCUT2D eigenvalue weighted by Gasteiger charge is -2.41. The minimum absolute atomic E-state index is 0.389. The number of hydrogen-bond acceptors (Lipinski definition) is 2. The summed E-state index contributed by atoms with van der Waals surface area (Å²) in [6, 6.07) is 4.42. The van der Waals surface area contributed by atoms with Crippen LogP contribution < -0.4 is 0 Å². The minimum atomic E-state index is -0.447. The summed E-state index contributed by atoms with van der Waals surface area (Å²) in [4.78, 5) is 2.79. The predicted molar refractivity (Wildman–Crippen MR) is 83.8 cm³/mol. The van der Waals surface area contributed by atoms with Gasteiger partial charge in [0.15, 0.2) is 0 Å². The molecule has 1 aliphatic carbocycles. The summed E-state index contributed by atoms with van der Waals surface area (Å²) < 4.78 is 0. The Hall–Kier alpha value is -0.340. The molecule has 2 heteroatoms. The summed E-state index contributed by atoms with van der Waals surface area (Å²) in [7, 11) is 0. The molecule has 1 aromatic heterocycles. The first-order chi connectivity index (χ1) is 8.82. The molecule has 1 aliphatic rings. The molecule has 0 spiro atoms. The maximum atomic E-state index is 10.8. The van der Waals surface area contributed by atoms with Gasteiger partial charge in [-0.25, -0.2) is 0 Å². The molecule has 1 nitrogen and oxygen atoms in total. The van der Waals surface area contributed by atoms with E-state index in [1.807, 2.05) is 11.3 Å². The normalized spacial score (nSPS) is 28.6. The van der Waals surface area contributed by atoms with Crippen LogP contribution in [0, 0.1) is 11.3 Å². The van der Waals surface area contributed by atoms with Gasteiger partial charge in [-0.2, -0.15) is 0 Å². The third kappa shape index (κ3) is 3.82. The second-order valence-corrected chi connectivity index (χ2v) is 8.52. The molecule has 0 radical (unpaired) electrons. The van der Waals surface area contributed by atoms with Crippen LogP contribution in [0.1, 0.15) is 63.1 Å². The molecule has 0 unspecified atom stereocenters. The zero-order valence-corrected chi connectivity index (χ0v) is 13.6. The van der Waals surface area contributed by atoms with Crippen molar-refractivity contribution in [3.8, 4) is 0 Å². The molecule has 19 heavy (non-hydrogen) atoms.